The number of alkyl halides is 2. The van der Waals surface area contributed by atoms with Crippen molar-refractivity contribution in [2.75, 3.05) is 0 Å². The van der Waals surface area contributed by atoms with E-state index in [1.54, 1.807) is 18.3 Å². The van der Waals surface area contributed by atoms with Crippen LogP contribution in [0.3, 0.4) is 0 Å². The Morgan fingerprint density at radius 2 is 1.76 bits per heavy atom. The van der Waals surface area contributed by atoms with Gasteiger partial charge in [0.2, 0.25) is 0 Å². The van der Waals surface area contributed by atoms with Crippen LogP contribution in [0.1, 0.15) is 30.5 Å². The second-order valence-corrected chi connectivity index (χ2v) is 7.62. The van der Waals surface area contributed by atoms with Crippen molar-refractivity contribution in [3.8, 4) is 0 Å². The van der Waals surface area contributed by atoms with Crippen LogP contribution in [0.15, 0.2) is 64.2 Å². The van der Waals surface area contributed by atoms with E-state index >= 15 is 0 Å². The molecule has 0 fully saturated rings. The van der Waals surface area contributed by atoms with Crippen LogP contribution in [0.5, 0.6) is 0 Å². The maximum atomic E-state index is 15.0. The Hall–Kier alpha value is -2.14. The predicted molar refractivity (Wildman–Crippen MR) is 99.5 cm³/mol. The molecule has 0 bridgehead atoms. The lowest BCUT2D eigenvalue weighted by atomic mass is 9.81. The van der Waals surface area contributed by atoms with E-state index in [2.05, 4.69) is 25.9 Å². The third-order valence-electron chi connectivity index (χ3n) is 4.60. The normalized spacial score (nSPS) is 17.9. The van der Waals surface area contributed by atoms with E-state index in [1.807, 2.05) is 30.3 Å². The van der Waals surface area contributed by atoms with Gasteiger partial charge in [-0.1, -0.05) is 40.2 Å². The SMILES string of the molecule is CC1(C)N=C(c2cnc3ccccc3c2)c2ccc(Br)cc2C1(F)F. The fourth-order valence-corrected chi connectivity index (χ4v) is 3.50. The standard InChI is InChI=1S/C20H15BrF2N2/c1-19(2)20(22,23)16-10-14(21)7-8-15(16)18(25-19)13-9-12-5-3-4-6-17(12)24-11-13/h3-11H,1-2H3. The quantitative estimate of drug-likeness (QED) is 0.512. The molecule has 2 nitrogen and oxygen atoms in total. The van der Waals surface area contributed by atoms with Crippen LogP contribution in [0, 0.1) is 0 Å². The molecule has 1 aliphatic rings. The highest BCUT2D eigenvalue weighted by molar-refractivity contribution is 9.10. The largest absolute Gasteiger partial charge is 0.297 e. The Morgan fingerprint density at radius 1 is 1.00 bits per heavy atom. The molecule has 1 aliphatic heterocycles. The average Bonchev–Trinajstić information content (AvgIpc) is 2.58. The molecule has 2 heterocycles. The summed E-state index contributed by atoms with van der Waals surface area (Å²) in [6.45, 7) is 2.93. The highest BCUT2D eigenvalue weighted by Gasteiger charge is 2.52. The maximum absolute atomic E-state index is 15.0. The van der Waals surface area contributed by atoms with E-state index in [9.17, 15) is 8.78 Å². The minimum Gasteiger partial charge on any atom is -0.271 e. The van der Waals surface area contributed by atoms with Gasteiger partial charge in [0.05, 0.1) is 11.2 Å². The molecule has 25 heavy (non-hydrogen) atoms. The molecule has 1 aromatic heterocycles. The summed E-state index contributed by atoms with van der Waals surface area (Å²) in [5.74, 6) is -3.06. The Balaban J connectivity index is 1.98. The Morgan fingerprint density at radius 3 is 2.56 bits per heavy atom. The number of benzene rings is 2. The van der Waals surface area contributed by atoms with Gasteiger partial charge in [-0.05, 0) is 38.1 Å². The molecular formula is C20H15BrF2N2. The van der Waals surface area contributed by atoms with E-state index in [4.69, 9.17) is 0 Å². The molecule has 4 rings (SSSR count). The molecule has 0 radical (unpaired) electrons. The lowest BCUT2D eigenvalue weighted by Crippen LogP contribution is -2.44. The monoisotopic (exact) mass is 400 g/mol. The Bertz CT molecular complexity index is 1030. The lowest BCUT2D eigenvalue weighted by molar-refractivity contribution is -0.0682. The smallest absolute Gasteiger partial charge is 0.271 e. The lowest BCUT2D eigenvalue weighted by Gasteiger charge is -2.37. The molecule has 0 aliphatic carbocycles. The van der Waals surface area contributed by atoms with Gasteiger partial charge >= 0.3 is 0 Å². The third-order valence-corrected chi connectivity index (χ3v) is 5.09. The summed E-state index contributed by atoms with van der Waals surface area (Å²) in [5.41, 5.74) is 1.06. The molecule has 126 valence electrons. The number of rotatable bonds is 1. The first-order valence-electron chi connectivity index (χ1n) is 7.93. The minimum absolute atomic E-state index is 0.00923. The first-order chi connectivity index (χ1) is 11.8. The number of hydrogen-bond donors (Lipinski definition) is 0. The summed E-state index contributed by atoms with van der Waals surface area (Å²) in [6.07, 6.45) is 1.70. The molecule has 5 heteroatoms. The second-order valence-electron chi connectivity index (χ2n) is 6.70. The van der Waals surface area contributed by atoms with E-state index in [0.717, 1.165) is 16.5 Å². The number of aliphatic imine (C=N–C) groups is 1. The number of aromatic nitrogens is 1. The molecule has 0 atom stereocenters. The molecule has 3 aromatic rings. The second kappa shape index (κ2) is 5.43. The van der Waals surface area contributed by atoms with Gasteiger partial charge in [0.15, 0.2) is 0 Å². The Kier molecular flexibility index (Phi) is 3.55. The fraction of sp³-hybridized carbons (Fsp3) is 0.200. The van der Waals surface area contributed by atoms with Gasteiger partial charge in [-0.15, -0.1) is 0 Å². The van der Waals surface area contributed by atoms with Gasteiger partial charge in [-0.25, -0.2) is 0 Å². The third kappa shape index (κ3) is 2.49. The zero-order valence-corrected chi connectivity index (χ0v) is 15.3. The van der Waals surface area contributed by atoms with E-state index in [0.29, 0.717) is 15.7 Å². The number of halogens is 3. The number of nitrogens with zero attached hydrogens (tertiary/aromatic N) is 2. The van der Waals surface area contributed by atoms with Crippen molar-refractivity contribution in [2.45, 2.75) is 25.3 Å². The number of hydrogen-bond acceptors (Lipinski definition) is 2. The highest BCUT2D eigenvalue weighted by Crippen LogP contribution is 2.47. The van der Waals surface area contributed by atoms with Crippen molar-refractivity contribution in [2.24, 2.45) is 4.99 Å². The molecule has 0 saturated heterocycles. The summed E-state index contributed by atoms with van der Waals surface area (Å²) in [4.78, 5) is 8.88. The van der Waals surface area contributed by atoms with Gasteiger partial charge < -0.3 is 0 Å². The van der Waals surface area contributed by atoms with Gasteiger partial charge in [0.1, 0.15) is 5.54 Å². The van der Waals surface area contributed by atoms with Crippen LogP contribution in [0.2, 0.25) is 0 Å². The molecule has 0 spiro atoms. The molecule has 0 N–H and O–H groups in total. The highest BCUT2D eigenvalue weighted by atomic mass is 79.9. The van der Waals surface area contributed by atoms with E-state index < -0.39 is 11.5 Å². The van der Waals surface area contributed by atoms with Crippen molar-refractivity contribution >= 4 is 32.5 Å². The number of fused-ring (bicyclic) bond motifs is 2. The number of pyridine rings is 1. The van der Waals surface area contributed by atoms with Gasteiger partial charge in [-0.2, -0.15) is 8.78 Å². The maximum Gasteiger partial charge on any atom is 0.297 e. The average molecular weight is 401 g/mol. The summed E-state index contributed by atoms with van der Waals surface area (Å²) in [7, 11) is 0. The van der Waals surface area contributed by atoms with Crippen LogP contribution in [0.25, 0.3) is 10.9 Å². The first kappa shape index (κ1) is 16.3. The van der Waals surface area contributed by atoms with Gasteiger partial charge in [0.25, 0.3) is 5.92 Å². The molecule has 0 amide bonds. The van der Waals surface area contributed by atoms with Gasteiger partial charge in [0, 0.05) is 32.7 Å². The van der Waals surface area contributed by atoms with E-state index in [-0.39, 0.29) is 5.56 Å². The van der Waals surface area contributed by atoms with E-state index in [1.165, 1.54) is 19.9 Å². The minimum atomic E-state index is -3.06. The van der Waals surface area contributed by atoms with Gasteiger partial charge in [-0.3, -0.25) is 9.98 Å². The Labute approximate surface area is 152 Å². The van der Waals surface area contributed by atoms with Crippen LogP contribution < -0.4 is 0 Å². The van der Waals surface area contributed by atoms with Crippen molar-refractivity contribution in [1.29, 1.82) is 0 Å². The van der Waals surface area contributed by atoms with Crippen molar-refractivity contribution < 1.29 is 8.78 Å². The topological polar surface area (TPSA) is 25.2 Å². The summed E-state index contributed by atoms with van der Waals surface area (Å²) < 4.78 is 30.5. The van der Waals surface area contributed by atoms with Crippen LogP contribution in [-0.4, -0.2) is 16.2 Å². The van der Waals surface area contributed by atoms with Crippen molar-refractivity contribution in [3.05, 3.63) is 75.9 Å². The summed E-state index contributed by atoms with van der Waals surface area (Å²) >= 11 is 3.30. The molecule has 0 unspecified atom stereocenters. The zero-order valence-electron chi connectivity index (χ0n) is 13.7. The summed E-state index contributed by atoms with van der Waals surface area (Å²) in [5, 5.41) is 0.955. The molecular weight excluding hydrogens is 386 g/mol. The number of para-hydroxylation sites is 1. The van der Waals surface area contributed by atoms with Crippen LogP contribution >= 0.6 is 15.9 Å². The molecule has 0 saturated carbocycles. The molecule has 2 aromatic carbocycles. The zero-order chi connectivity index (χ0) is 17.8. The van der Waals surface area contributed by atoms with Crippen molar-refractivity contribution in [3.63, 3.8) is 0 Å². The van der Waals surface area contributed by atoms with Crippen LogP contribution in [0.4, 0.5) is 8.78 Å². The fourth-order valence-electron chi connectivity index (χ4n) is 3.14. The van der Waals surface area contributed by atoms with Crippen molar-refractivity contribution in [1.82, 2.24) is 4.98 Å². The first-order valence-corrected chi connectivity index (χ1v) is 8.72. The predicted octanol–water partition coefficient (Wildman–Crippen LogP) is 5.72. The van der Waals surface area contributed by atoms with Crippen LogP contribution in [-0.2, 0) is 5.92 Å². The summed E-state index contributed by atoms with van der Waals surface area (Å²) in [6, 6.07) is 14.6.